The molecule has 1 aromatic carbocycles. The largest absolute Gasteiger partial charge is 0.497 e. The van der Waals surface area contributed by atoms with Crippen molar-refractivity contribution < 1.29 is 14.1 Å². The van der Waals surface area contributed by atoms with Crippen LogP contribution in [0.15, 0.2) is 39.9 Å². The van der Waals surface area contributed by atoms with Crippen molar-refractivity contribution in [2.75, 3.05) is 7.11 Å². The van der Waals surface area contributed by atoms with Crippen molar-refractivity contribution in [2.45, 2.75) is 6.92 Å². The van der Waals surface area contributed by atoms with Gasteiger partial charge in [0.05, 0.1) is 29.9 Å². The lowest BCUT2D eigenvalue weighted by Crippen LogP contribution is -1.93. The Morgan fingerprint density at radius 1 is 1.44 bits per heavy atom. The van der Waals surface area contributed by atoms with Crippen LogP contribution in [-0.4, -0.2) is 33.1 Å². The van der Waals surface area contributed by atoms with E-state index in [-0.39, 0.29) is 5.69 Å². The number of hydrogen-bond donors (Lipinski definition) is 1. The van der Waals surface area contributed by atoms with E-state index in [1.165, 1.54) is 24.1 Å². The summed E-state index contributed by atoms with van der Waals surface area (Å²) in [6, 6.07) is 7.85. The van der Waals surface area contributed by atoms with Gasteiger partial charge in [0.1, 0.15) is 23.1 Å². The highest BCUT2D eigenvalue weighted by molar-refractivity contribution is 7.71. The Kier molecular flexibility index (Phi) is 4.44. The van der Waals surface area contributed by atoms with E-state index in [4.69, 9.17) is 21.4 Å². The number of aryl methyl sites for hydroxylation is 1. The minimum Gasteiger partial charge on any atom is -0.497 e. The standard InChI is InChI=1S/C15H13N5O4S/c1-9-17-18-15(25)19(9)16-8-11-4-6-14(24-11)12-5-3-10(23-2)7-13(12)20(21)22/h3-8H,1-2H3,(H,18,25)/b16-8+. The maximum Gasteiger partial charge on any atom is 0.284 e. The van der Waals surface area contributed by atoms with Crippen LogP contribution in [0.5, 0.6) is 5.75 Å². The summed E-state index contributed by atoms with van der Waals surface area (Å²) < 4.78 is 12.5. The molecule has 9 nitrogen and oxygen atoms in total. The highest BCUT2D eigenvalue weighted by Crippen LogP contribution is 2.33. The lowest BCUT2D eigenvalue weighted by molar-refractivity contribution is -0.384. The highest BCUT2D eigenvalue weighted by Gasteiger charge is 2.19. The van der Waals surface area contributed by atoms with E-state index < -0.39 is 4.92 Å². The lowest BCUT2D eigenvalue weighted by atomic mass is 10.1. The molecule has 0 amide bonds. The van der Waals surface area contributed by atoms with Crippen LogP contribution >= 0.6 is 12.2 Å². The van der Waals surface area contributed by atoms with Crippen LogP contribution in [0.4, 0.5) is 5.69 Å². The van der Waals surface area contributed by atoms with E-state index >= 15 is 0 Å². The third-order valence-electron chi connectivity index (χ3n) is 3.41. The number of nitro benzene ring substituents is 1. The minimum absolute atomic E-state index is 0.106. The van der Waals surface area contributed by atoms with E-state index in [1.54, 1.807) is 31.2 Å². The topological polar surface area (TPSA) is 111 Å². The van der Waals surface area contributed by atoms with Crippen molar-refractivity contribution in [3.05, 3.63) is 56.8 Å². The number of H-pyrrole nitrogens is 1. The smallest absolute Gasteiger partial charge is 0.284 e. The molecular formula is C15H13N5O4S. The monoisotopic (exact) mass is 359 g/mol. The Labute approximate surface area is 146 Å². The maximum atomic E-state index is 11.3. The molecule has 0 aliphatic rings. The Morgan fingerprint density at radius 3 is 2.88 bits per heavy atom. The van der Waals surface area contributed by atoms with Crippen molar-refractivity contribution in [1.82, 2.24) is 14.9 Å². The molecule has 3 aromatic rings. The van der Waals surface area contributed by atoms with Crippen LogP contribution in [0, 0.1) is 21.8 Å². The molecule has 2 heterocycles. The van der Waals surface area contributed by atoms with Crippen LogP contribution in [0.1, 0.15) is 11.6 Å². The van der Waals surface area contributed by atoms with E-state index in [9.17, 15) is 10.1 Å². The number of aromatic nitrogens is 3. The van der Waals surface area contributed by atoms with Crippen LogP contribution in [-0.2, 0) is 0 Å². The van der Waals surface area contributed by atoms with E-state index in [2.05, 4.69) is 15.3 Å². The number of furan rings is 1. The summed E-state index contributed by atoms with van der Waals surface area (Å²) >= 11 is 5.05. The van der Waals surface area contributed by atoms with Crippen LogP contribution in [0.2, 0.25) is 0 Å². The number of methoxy groups -OCH3 is 1. The summed E-state index contributed by atoms with van der Waals surface area (Å²) in [6.45, 7) is 1.75. The van der Waals surface area contributed by atoms with Crippen molar-refractivity contribution in [3.8, 4) is 17.1 Å². The number of nitrogens with one attached hydrogen (secondary N) is 1. The molecule has 10 heteroatoms. The maximum absolute atomic E-state index is 11.3. The molecule has 0 aliphatic carbocycles. The number of hydrogen-bond acceptors (Lipinski definition) is 7. The number of rotatable bonds is 5. The van der Waals surface area contributed by atoms with Gasteiger partial charge >= 0.3 is 0 Å². The first-order valence-corrected chi connectivity index (χ1v) is 7.51. The molecule has 0 radical (unpaired) electrons. The normalized spacial score (nSPS) is 11.1. The van der Waals surface area contributed by atoms with E-state index in [1.807, 2.05) is 0 Å². The summed E-state index contributed by atoms with van der Waals surface area (Å²) in [5.74, 6) is 1.76. The predicted molar refractivity (Wildman–Crippen MR) is 92.5 cm³/mol. The molecule has 0 unspecified atom stereocenters. The molecule has 0 aliphatic heterocycles. The average molecular weight is 359 g/mol. The van der Waals surface area contributed by atoms with Crippen molar-refractivity contribution >= 4 is 24.1 Å². The van der Waals surface area contributed by atoms with Crippen molar-refractivity contribution in [3.63, 3.8) is 0 Å². The van der Waals surface area contributed by atoms with Crippen molar-refractivity contribution in [2.24, 2.45) is 5.10 Å². The summed E-state index contributed by atoms with van der Waals surface area (Å²) in [5, 5.41) is 22.0. The van der Waals surface area contributed by atoms with Crippen LogP contribution in [0.3, 0.4) is 0 Å². The molecule has 2 aromatic heterocycles. The molecule has 3 rings (SSSR count). The first kappa shape index (κ1) is 16.6. The van der Waals surface area contributed by atoms with Crippen molar-refractivity contribution in [1.29, 1.82) is 0 Å². The fourth-order valence-electron chi connectivity index (χ4n) is 2.19. The molecule has 25 heavy (non-hydrogen) atoms. The summed E-state index contributed by atoms with van der Waals surface area (Å²) in [4.78, 5) is 10.8. The van der Waals surface area contributed by atoms with Gasteiger partial charge < -0.3 is 9.15 Å². The van der Waals surface area contributed by atoms with E-state index in [0.717, 1.165) is 0 Å². The molecule has 0 saturated carbocycles. The van der Waals surface area contributed by atoms with Gasteiger partial charge in [0.25, 0.3) is 5.69 Å². The molecule has 128 valence electrons. The number of ether oxygens (including phenoxy) is 1. The third-order valence-corrected chi connectivity index (χ3v) is 3.67. The van der Waals surface area contributed by atoms with Gasteiger partial charge in [-0.25, -0.2) is 0 Å². The number of nitrogens with zero attached hydrogens (tertiary/aromatic N) is 4. The zero-order valence-corrected chi connectivity index (χ0v) is 14.1. The van der Waals surface area contributed by atoms with E-state index in [0.29, 0.717) is 33.4 Å². The molecule has 0 fully saturated rings. The second-order valence-corrected chi connectivity index (χ2v) is 5.36. The SMILES string of the molecule is COc1ccc(-c2ccc(/C=N/n3c(C)n[nH]c3=S)o2)c([N+](=O)[O-])c1. The fourth-order valence-corrected chi connectivity index (χ4v) is 2.41. The molecule has 0 atom stereocenters. The zero-order chi connectivity index (χ0) is 18.0. The Morgan fingerprint density at radius 2 is 2.24 bits per heavy atom. The van der Waals surface area contributed by atoms with Gasteiger partial charge in [-0.05, 0) is 43.4 Å². The molecular weight excluding hydrogens is 346 g/mol. The van der Waals surface area contributed by atoms with Gasteiger partial charge in [-0.15, -0.1) is 0 Å². The quantitative estimate of drug-likeness (QED) is 0.324. The first-order valence-electron chi connectivity index (χ1n) is 7.10. The van der Waals surface area contributed by atoms with Gasteiger partial charge in [-0.1, -0.05) is 0 Å². The Bertz CT molecular complexity index is 1020. The highest BCUT2D eigenvalue weighted by atomic mass is 32.1. The van der Waals surface area contributed by atoms with Gasteiger partial charge in [0, 0.05) is 0 Å². The summed E-state index contributed by atoms with van der Waals surface area (Å²) in [6.07, 6.45) is 1.46. The minimum atomic E-state index is -0.484. The number of benzene rings is 1. The molecule has 0 spiro atoms. The Hall–Kier alpha value is -3.27. The zero-order valence-electron chi connectivity index (χ0n) is 13.3. The van der Waals surface area contributed by atoms with Gasteiger partial charge in [0.2, 0.25) is 4.77 Å². The van der Waals surface area contributed by atoms with Crippen LogP contribution < -0.4 is 4.74 Å². The lowest BCUT2D eigenvalue weighted by Gasteiger charge is -2.03. The van der Waals surface area contributed by atoms with Crippen LogP contribution in [0.25, 0.3) is 11.3 Å². The molecule has 0 saturated heterocycles. The van der Waals surface area contributed by atoms with Gasteiger partial charge in [-0.2, -0.15) is 14.9 Å². The number of nitro groups is 1. The summed E-state index contributed by atoms with van der Waals surface area (Å²) in [7, 11) is 1.45. The second kappa shape index (κ2) is 6.69. The predicted octanol–water partition coefficient (Wildman–Crippen LogP) is 3.31. The number of aromatic amines is 1. The summed E-state index contributed by atoms with van der Waals surface area (Å²) in [5.41, 5.74) is 0.242. The van der Waals surface area contributed by atoms with Gasteiger partial charge in [0.15, 0.2) is 0 Å². The second-order valence-electron chi connectivity index (χ2n) is 4.97. The average Bonchev–Trinajstić information content (AvgIpc) is 3.19. The first-order chi connectivity index (χ1) is 12.0. The molecule has 0 bridgehead atoms. The fraction of sp³-hybridized carbons (Fsp3) is 0.133. The Balaban J connectivity index is 1.94. The van der Waals surface area contributed by atoms with Gasteiger partial charge in [-0.3, -0.25) is 15.2 Å². The third kappa shape index (κ3) is 3.33. The molecule has 1 N–H and O–H groups in total.